The van der Waals surface area contributed by atoms with Crippen LogP contribution in [-0.2, 0) is 10.5 Å². The van der Waals surface area contributed by atoms with Gasteiger partial charge < -0.3 is 4.74 Å². The van der Waals surface area contributed by atoms with Gasteiger partial charge >= 0.3 is 5.97 Å². The van der Waals surface area contributed by atoms with Gasteiger partial charge in [-0.15, -0.1) is 11.8 Å². The Morgan fingerprint density at radius 3 is 2.29 bits per heavy atom. The second-order valence-corrected chi connectivity index (χ2v) is 7.40. The van der Waals surface area contributed by atoms with E-state index in [2.05, 4.69) is 0 Å². The Hall–Kier alpha value is -2.63. The Bertz CT molecular complexity index is 972. The van der Waals surface area contributed by atoms with E-state index < -0.39 is 24.2 Å². The zero-order valence-electron chi connectivity index (χ0n) is 14.7. The number of halogens is 2. The van der Waals surface area contributed by atoms with Gasteiger partial charge in [0.05, 0.1) is 11.1 Å². The first kappa shape index (κ1) is 20.1. The molecule has 0 atom stereocenters. The number of carbonyl (C=O) groups excluding carboxylic acids is 2. The van der Waals surface area contributed by atoms with E-state index in [1.165, 1.54) is 18.2 Å². The van der Waals surface area contributed by atoms with Gasteiger partial charge in [0.2, 0.25) is 5.78 Å². The molecule has 0 aliphatic carbocycles. The van der Waals surface area contributed by atoms with Crippen LogP contribution in [0.1, 0.15) is 26.3 Å². The lowest BCUT2D eigenvalue weighted by Crippen LogP contribution is -2.15. The molecule has 6 heteroatoms. The van der Waals surface area contributed by atoms with Gasteiger partial charge in [-0.05, 0) is 54.1 Å². The first-order valence-corrected chi connectivity index (χ1v) is 9.81. The number of hydrogen-bond acceptors (Lipinski definition) is 4. The van der Waals surface area contributed by atoms with Crippen LogP contribution in [0.4, 0.5) is 4.39 Å². The van der Waals surface area contributed by atoms with Crippen LogP contribution in [-0.4, -0.2) is 18.4 Å². The van der Waals surface area contributed by atoms with Gasteiger partial charge in [0.25, 0.3) is 0 Å². The minimum atomic E-state index is -0.633. The van der Waals surface area contributed by atoms with E-state index >= 15 is 0 Å². The highest BCUT2D eigenvalue weighted by Crippen LogP contribution is 2.24. The second-order valence-electron chi connectivity index (χ2n) is 5.92. The molecule has 0 saturated carbocycles. The maximum atomic E-state index is 13.6. The molecule has 0 aromatic heterocycles. The predicted octanol–water partition coefficient (Wildman–Crippen LogP) is 5.81. The van der Waals surface area contributed by atoms with Gasteiger partial charge in [-0.25, -0.2) is 9.18 Å². The monoisotopic (exact) mass is 414 g/mol. The topological polar surface area (TPSA) is 43.4 Å². The Balaban J connectivity index is 1.52. The number of rotatable bonds is 7. The van der Waals surface area contributed by atoms with Crippen LogP contribution in [0.5, 0.6) is 0 Å². The van der Waals surface area contributed by atoms with Crippen molar-refractivity contribution in [3.8, 4) is 0 Å². The van der Waals surface area contributed by atoms with Crippen molar-refractivity contribution in [3.63, 3.8) is 0 Å². The SMILES string of the molecule is O=C(OCC(=O)c1ccccc1F)c1ccc(CSc2ccc(Cl)cc2)cc1. The summed E-state index contributed by atoms with van der Waals surface area (Å²) in [6.07, 6.45) is 0. The van der Waals surface area contributed by atoms with E-state index in [4.69, 9.17) is 16.3 Å². The van der Waals surface area contributed by atoms with Gasteiger partial charge in [-0.3, -0.25) is 4.79 Å². The molecule has 28 heavy (non-hydrogen) atoms. The van der Waals surface area contributed by atoms with E-state index in [0.29, 0.717) is 10.6 Å². The summed E-state index contributed by atoms with van der Waals surface area (Å²) in [6, 6.07) is 20.1. The highest BCUT2D eigenvalue weighted by molar-refractivity contribution is 7.98. The molecular weight excluding hydrogens is 399 g/mol. The molecule has 0 saturated heterocycles. The summed E-state index contributed by atoms with van der Waals surface area (Å²) in [5, 5.41) is 0.695. The van der Waals surface area contributed by atoms with Crippen LogP contribution in [0.3, 0.4) is 0 Å². The van der Waals surface area contributed by atoms with Crippen molar-refractivity contribution in [1.82, 2.24) is 0 Å². The van der Waals surface area contributed by atoms with Gasteiger partial charge in [0.1, 0.15) is 5.82 Å². The standard InChI is InChI=1S/C22H16ClFO3S/c23-17-9-11-18(12-10-17)28-14-15-5-7-16(8-6-15)22(26)27-13-21(25)19-3-1-2-4-20(19)24/h1-12H,13-14H2. The number of carbonyl (C=O) groups is 2. The molecule has 0 radical (unpaired) electrons. The van der Waals surface area contributed by atoms with Crippen molar-refractivity contribution in [1.29, 1.82) is 0 Å². The first-order chi connectivity index (χ1) is 13.5. The van der Waals surface area contributed by atoms with E-state index in [-0.39, 0.29) is 5.56 Å². The van der Waals surface area contributed by atoms with Crippen molar-refractivity contribution in [3.05, 3.63) is 100 Å². The Kier molecular flexibility index (Phi) is 6.85. The zero-order chi connectivity index (χ0) is 19.9. The molecule has 0 bridgehead atoms. The number of ether oxygens (including phenoxy) is 1. The summed E-state index contributed by atoms with van der Waals surface area (Å²) in [4.78, 5) is 25.2. The fourth-order valence-electron chi connectivity index (χ4n) is 2.41. The first-order valence-electron chi connectivity index (χ1n) is 8.45. The number of ketones is 1. The summed E-state index contributed by atoms with van der Waals surface area (Å²) in [5.74, 6) is -1.10. The zero-order valence-corrected chi connectivity index (χ0v) is 16.3. The molecule has 3 aromatic rings. The van der Waals surface area contributed by atoms with Crippen LogP contribution in [0.15, 0.2) is 77.7 Å². The molecule has 0 N–H and O–H groups in total. The molecular formula is C22H16ClFO3S. The number of hydrogen-bond donors (Lipinski definition) is 0. The Morgan fingerprint density at radius 2 is 1.61 bits per heavy atom. The lowest BCUT2D eigenvalue weighted by atomic mass is 10.1. The third kappa shape index (κ3) is 5.44. The van der Waals surface area contributed by atoms with Gasteiger partial charge in [0.15, 0.2) is 6.61 Å². The molecule has 0 heterocycles. The molecule has 3 aromatic carbocycles. The lowest BCUT2D eigenvalue weighted by molar-refractivity contribution is 0.0473. The molecule has 0 amide bonds. The molecule has 0 unspecified atom stereocenters. The van der Waals surface area contributed by atoms with Gasteiger partial charge in [0, 0.05) is 15.7 Å². The van der Waals surface area contributed by atoms with Crippen molar-refractivity contribution < 1.29 is 18.7 Å². The molecule has 0 aliphatic rings. The number of Topliss-reactive ketones (excluding diaryl/α,β-unsaturated/α-hetero) is 1. The normalized spacial score (nSPS) is 10.5. The highest BCUT2D eigenvalue weighted by atomic mass is 35.5. The largest absolute Gasteiger partial charge is 0.454 e. The lowest BCUT2D eigenvalue weighted by Gasteiger charge is -2.06. The van der Waals surface area contributed by atoms with E-state index in [9.17, 15) is 14.0 Å². The van der Waals surface area contributed by atoms with E-state index in [0.717, 1.165) is 16.2 Å². The average Bonchev–Trinajstić information content (AvgIpc) is 2.72. The van der Waals surface area contributed by atoms with Crippen LogP contribution < -0.4 is 0 Å². The van der Waals surface area contributed by atoms with Crippen LogP contribution in [0.2, 0.25) is 5.02 Å². The highest BCUT2D eigenvalue weighted by Gasteiger charge is 2.14. The quantitative estimate of drug-likeness (QED) is 0.278. The van der Waals surface area contributed by atoms with Crippen LogP contribution >= 0.6 is 23.4 Å². The molecule has 3 rings (SSSR count). The Morgan fingerprint density at radius 1 is 0.929 bits per heavy atom. The maximum absolute atomic E-state index is 13.6. The summed E-state index contributed by atoms with van der Waals surface area (Å²) in [7, 11) is 0. The van der Waals surface area contributed by atoms with Crippen LogP contribution in [0.25, 0.3) is 0 Å². The summed E-state index contributed by atoms with van der Waals surface area (Å²) < 4.78 is 18.6. The second kappa shape index (κ2) is 9.53. The molecule has 0 spiro atoms. The van der Waals surface area contributed by atoms with Crippen molar-refractivity contribution >= 4 is 35.1 Å². The minimum Gasteiger partial charge on any atom is -0.454 e. The summed E-state index contributed by atoms with van der Waals surface area (Å²) in [6.45, 7) is -0.506. The van der Waals surface area contributed by atoms with Gasteiger partial charge in [-0.2, -0.15) is 0 Å². The molecule has 0 fully saturated rings. The number of benzene rings is 3. The predicted molar refractivity (Wildman–Crippen MR) is 108 cm³/mol. The average molecular weight is 415 g/mol. The van der Waals surface area contributed by atoms with E-state index in [1.54, 1.807) is 30.0 Å². The van der Waals surface area contributed by atoms with Gasteiger partial charge in [-0.1, -0.05) is 35.9 Å². The summed E-state index contributed by atoms with van der Waals surface area (Å²) in [5.41, 5.74) is 1.28. The number of thioether (sulfide) groups is 1. The van der Waals surface area contributed by atoms with E-state index in [1.807, 2.05) is 36.4 Å². The van der Waals surface area contributed by atoms with Crippen molar-refractivity contribution in [2.45, 2.75) is 10.6 Å². The maximum Gasteiger partial charge on any atom is 0.338 e. The van der Waals surface area contributed by atoms with Crippen LogP contribution in [0, 0.1) is 5.82 Å². The molecule has 142 valence electrons. The van der Waals surface area contributed by atoms with Crippen molar-refractivity contribution in [2.75, 3.05) is 6.61 Å². The van der Waals surface area contributed by atoms with Crippen molar-refractivity contribution in [2.24, 2.45) is 0 Å². The fraction of sp³-hybridized carbons (Fsp3) is 0.0909. The smallest absolute Gasteiger partial charge is 0.338 e. The minimum absolute atomic E-state index is 0.0927. The Labute approximate surface area is 171 Å². The molecule has 0 aliphatic heterocycles. The third-order valence-electron chi connectivity index (χ3n) is 3.92. The summed E-state index contributed by atoms with van der Waals surface area (Å²) >= 11 is 7.53. The number of esters is 1. The fourth-order valence-corrected chi connectivity index (χ4v) is 3.39. The molecule has 3 nitrogen and oxygen atoms in total. The third-order valence-corrected chi connectivity index (χ3v) is 5.25.